The van der Waals surface area contributed by atoms with Crippen molar-refractivity contribution in [3.05, 3.63) is 0 Å². The number of hydrogen-bond acceptors (Lipinski definition) is 2. The van der Waals surface area contributed by atoms with Crippen LogP contribution in [-0.4, -0.2) is 37.2 Å². The lowest BCUT2D eigenvalue weighted by Crippen LogP contribution is -2.43. The fourth-order valence-corrected chi connectivity index (χ4v) is 2.26. The second kappa shape index (κ2) is 4.48. The number of hydrogen-bond donors (Lipinski definition) is 0. The molecule has 0 heterocycles. The molecule has 0 bridgehead atoms. The van der Waals surface area contributed by atoms with Crippen molar-refractivity contribution in [2.75, 3.05) is 12.3 Å². The second-order valence-electron chi connectivity index (χ2n) is 3.15. The van der Waals surface area contributed by atoms with Crippen molar-refractivity contribution < 1.29 is 21.6 Å². The van der Waals surface area contributed by atoms with Crippen molar-refractivity contribution in [3.8, 4) is 0 Å². The van der Waals surface area contributed by atoms with Gasteiger partial charge in [-0.15, -0.1) is 0 Å². The molecule has 0 rings (SSSR count). The highest BCUT2D eigenvalue weighted by molar-refractivity contribution is 7.89. The van der Waals surface area contributed by atoms with E-state index in [9.17, 15) is 21.6 Å². The molecule has 0 fully saturated rings. The standard InChI is InChI=1S/C7H14F3NO2S/c1-4-14(12,13)11(6(2)3)5-7(8,9)10/h6H,4-5H2,1-3H3. The van der Waals surface area contributed by atoms with Crippen LogP contribution in [0.15, 0.2) is 0 Å². The van der Waals surface area contributed by atoms with Gasteiger partial charge in [0, 0.05) is 6.04 Å². The van der Waals surface area contributed by atoms with Crippen LogP contribution in [0.3, 0.4) is 0 Å². The minimum Gasteiger partial charge on any atom is -0.212 e. The number of nitrogens with zero attached hydrogens (tertiary/aromatic N) is 1. The van der Waals surface area contributed by atoms with Crippen LogP contribution in [0.1, 0.15) is 20.8 Å². The molecular formula is C7H14F3NO2S. The van der Waals surface area contributed by atoms with Gasteiger partial charge in [0.2, 0.25) is 10.0 Å². The Balaban J connectivity index is 4.81. The lowest BCUT2D eigenvalue weighted by molar-refractivity contribution is -0.138. The van der Waals surface area contributed by atoms with E-state index in [2.05, 4.69) is 0 Å². The first-order valence-electron chi connectivity index (χ1n) is 4.16. The van der Waals surface area contributed by atoms with Crippen molar-refractivity contribution in [2.24, 2.45) is 0 Å². The molecule has 0 aliphatic heterocycles. The van der Waals surface area contributed by atoms with Gasteiger partial charge in [-0.25, -0.2) is 8.42 Å². The zero-order valence-corrected chi connectivity index (χ0v) is 9.11. The number of rotatable bonds is 4. The lowest BCUT2D eigenvalue weighted by Gasteiger charge is -2.26. The molecule has 0 aromatic carbocycles. The van der Waals surface area contributed by atoms with Crippen LogP contribution in [0, 0.1) is 0 Å². The highest BCUT2D eigenvalue weighted by Crippen LogP contribution is 2.20. The Labute approximate surface area is 81.9 Å². The highest BCUT2D eigenvalue weighted by Gasteiger charge is 2.36. The van der Waals surface area contributed by atoms with Gasteiger partial charge < -0.3 is 0 Å². The smallest absolute Gasteiger partial charge is 0.212 e. The molecule has 3 nitrogen and oxygen atoms in total. The molecule has 0 amide bonds. The zero-order chi connectivity index (χ0) is 11.6. The highest BCUT2D eigenvalue weighted by atomic mass is 32.2. The maximum absolute atomic E-state index is 12.0. The Morgan fingerprint density at radius 1 is 1.29 bits per heavy atom. The molecule has 14 heavy (non-hydrogen) atoms. The minimum absolute atomic E-state index is 0.318. The van der Waals surface area contributed by atoms with Crippen LogP contribution < -0.4 is 0 Å². The van der Waals surface area contributed by atoms with Gasteiger partial charge in [-0.3, -0.25) is 0 Å². The van der Waals surface area contributed by atoms with Gasteiger partial charge >= 0.3 is 6.18 Å². The van der Waals surface area contributed by atoms with Crippen LogP contribution in [0.5, 0.6) is 0 Å². The molecule has 0 spiro atoms. The summed E-state index contributed by atoms with van der Waals surface area (Å²) in [4.78, 5) is 0. The Morgan fingerprint density at radius 2 is 1.71 bits per heavy atom. The lowest BCUT2D eigenvalue weighted by atomic mass is 10.4. The van der Waals surface area contributed by atoms with E-state index in [0.29, 0.717) is 4.31 Å². The van der Waals surface area contributed by atoms with Crippen LogP contribution in [0.25, 0.3) is 0 Å². The summed E-state index contributed by atoms with van der Waals surface area (Å²) in [6, 6.07) is -0.679. The molecule has 0 saturated carbocycles. The first kappa shape index (κ1) is 13.7. The third-order valence-corrected chi connectivity index (χ3v) is 3.63. The molecule has 0 atom stereocenters. The Kier molecular flexibility index (Phi) is 4.38. The average Bonchev–Trinajstić information content (AvgIpc) is 1.98. The molecule has 0 unspecified atom stereocenters. The van der Waals surface area contributed by atoms with Crippen LogP contribution in [0.2, 0.25) is 0 Å². The SMILES string of the molecule is CCS(=O)(=O)N(CC(F)(F)F)C(C)C. The number of halogens is 3. The molecule has 7 heteroatoms. The summed E-state index contributed by atoms with van der Waals surface area (Å²) in [5, 5.41) is 0. The van der Waals surface area contributed by atoms with Crippen molar-refractivity contribution in [3.63, 3.8) is 0 Å². The third-order valence-electron chi connectivity index (χ3n) is 1.63. The quantitative estimate of drug-likeness (QED) is 0.739. The first-order valence-corrected chi connectivity index (χ1v) is 5.77. The van der Waals surface area contributed by atoms with Crippen molar-refractivity contribution in [2.45, 2.75) is 33.0 Å². The van der Waals surface area contributed by atoms with Gasteiger partial charge in [0.25, 0.3) is 0 Å². The van der Waals surface area contributed by atoms with E-state index in [0.717, 1.165) is 0 Å². The summed E-state index contributed by atoms with van der Waals surface area (Å²) < 4.78 is 59.0. The molecule has 0 saturated heterocycles. The van der Waals surface area contributed by atoms with E-state index in [-0.39, 0.29) is 5.75 Å². The summed E-state index contributed by atoms with van der Waals surface area (Å²) in [5.41, 5.74) is 0. The van der Waals surface area contributed by atoms with E-state index in [1.165, 1.54) is 20.8 Å². The van der Waals surface area contributed by atoms with Crippen molar-refractivity contribution >= 4 is 10.0 Å². The zero-order valence-electron chi connectivity index (χ0n) is 8.30. The maximum Gasteiger partial charge on any atom is 0.402 e. The summed E-state index contributed by atoms with van der Waals surface area (Å²) in [6.45, 7) is 2.74. The van der Waals surface area contributed by atoms with E-state index < -0.39 is 28.8 Å². The normalized spacial score (nSPS) is 14.0. The summed E-state index contributed by atoms with van der Waals surface area (Å²) in [7, 11) is -3.78. The Hall–Kier alpha value is -0.300. The predicted molar refractivity (Wildman–Crippen MR) is 47.4 cm³/mol. The fourth-order valence-electron chi connectivity index (χ4n) is 0.945. The molecule has 0 N–H and O–H groups in total. The van der Waals surface area contributed by atoms with Gasteiger partial charge in [-0.2, -0.15) is 17.5 Å². The first-order chi connectivity index (χ1) is 6.10. The molecule has 0 aromatic rings. The van der Waals surface area contributed by atoms with Crippen molar-refractivity contribution in [1.82, 2.24) is 4.31 Å². The summed E-state index contributed by atoms with van der Waals surface area (Å²) in [5.74, 6) is -0.318. The second-order valence-corrected chi connectivity index (χ2v) is 5.36. The van der Waals surface area contributed by atoms with Gasteiger partial charge in [0.05, 0.1) is 5.75 Å². The van der Waals surface area contributed by atoms with Gasteiger partial charge in [0.15, 0.2) is 0 Å². The molecule has 0 aromatic heterocycles. The average molecular weight is 233 g/mol. The minimum atomic E-state index is -4.49. The fraction of sp³-hybridized carbons (Fsp3) is 1.00. The molecule has 86 valence electrons. The van der Waals surface area contributed by atoms with Crippen LogP contribution in [0.4, 0.5) is 13.2 Å². The Bertz CT molecular complexity index is 271. The molecule has 0 aliphatic rings. The van der Waals surface area contributed by atoms with E-state index in [4.69, 9.17) is 0 Å². The largest absolute Gasteiger partial charge is 0.402 e. The molecular weight excluding hydrogens is 219 g/mol. The maximum atomic E-state index is 12.0. The van der Waals surface area contributed by atoms with Crippen LogP contribution >= 0.6 is 0 Å². The molecule has 0 radical (unpaired) electrons. The third kappa shape index (κ3) is 4.28. The van der Waals surface area contributed by atoms with Gasteiger partial charge in [-0.1, -0.05) is 0 Å². The predicted octanol–water partition coefficient (Wildman–Crippen LogP) is 1.61. The van der Waals surface area contributed by atoms with E-state index in [1.54, 1.807) is 0 Å². The van der Waals surface area contributed by atoms with Gasteiger partial charge in [0.1, 0.15) is 6.54 Å². The van der Waals surface area contributed by atoms with Crippen LogP contribution in [-0.2, 0) is 10.0 Å². The topological polar surface area (TPSA) is 37.4 Å². The Morgan fingerprint density at radius 3 is 1.93 bits per heavy atom. The molecule has 0 aliphatic carbocycles. The number of alkyl halides is 3. The monoisotopic (exact) mass is 233 g/mol. The summed E-state index contributed by atoms with van der Waals surface area (Å²) in [6.07, 6.45) is -4.49. The van der Waals surface area contributed by atoms with E-state index in [1.807, 2.05) is 0 Å². The van der Waals surface area contributed by atoms with Crippen molar-refractivity contribution in [1.29, 1.82) is 0 Å². The number of sulfonamides is 1. The summed E-state index contributed by atoms with van der Waals surface area (Å²) >= 11 is 0. The van der Waals surface area contributed by atoms with E-state index >= 15 is 0 Å². The van der Waals surface area contributed by atoms with Gasteiger partial charge in [-0.05, 0) is 20.8 Å².